The molecule has 0 N–H and O–H groups in total. The van der Waals surface area contributed by atoms with Crippen molar-refractivity contribution in [2.45, 2.75) is 26.9 Å². The summed E-state index contributed by atoms with van der Waals surface area (Å²) in [4.78, 5) is 11.6. The molecule has 0 bridgehead atoms. The highest BCUT2D eigenvalue weighted by molar-refractivity contribution is 5.90. The van der Waals surface area contributed by atoms with Crippen molar-refractivity contribution < 1.29 is 14.3 Å². The highest BCUT2D eigenvalue weighted by Crippen LogP contribution is 2.19. The molecule has 1 rings (SSSR count). The number of benzene rings is 1. The van der Waals surface area contributed by atoms with Crippen LogP contribution in [0.25, 0.3) is 0 Å². The lowest BCUT2D eigenvalue weighted by Gasteiger charge is -2.10. The van der Waals surface area contributed by atoms with Crippen molar-refractivity contribution in [2.24, 2.45) is 0 Å². The Bertz CT molecular complexity index is 356. The first-order valence-corrected chi connectivity index (χ1v) is 4.90. The van der Waals surface area contributed by atoms with Gasteiger partial charge in [-0.1, -0.05) is 6.07 Å². The molecule has 0 aliphatic carbocycles. The van der Waals surface area contributed by atoms with Crippen LogP contribution < -0.4 is 4.74 Å². The average molecular weight is 208 g/mol. The SMILES string of the molecule is COc1cc(C(=O)OC(C)C)ccc1C. The molecule has 0 atom stereocenters. The molecule has 1 aromatic rings. The van der Waals surface area contributed by atoms with Crippen molar-refractivity contribution in [3.63, 3.8) is 0 Å². The normalized spacial score (nSPS) is 10.2. The molecule has 3 nitrogen and oxygen atoms in total. The molecule has 0 aliphatic heterocycles. The minimum Gasteiger partial charge on any atom is -0.496 e. The first kappa shape index (κ1) is 11.6. The van der Waals surface area contributed by atoms with Crippen LogP contribution >= 0.6 is 0 Å². The van der Waals surface area contributed by atoms with E-state index in [0.29, 0.717) is 11.3 Å². The number of carbonyl (C=O) groups is 1. The van der Waals surface area contributed by atoms with Crippen LogP contribution in [0, 0.1) is 6.92 Å². The number of carbonyl (C=O) groups excluding carboxylic acids is 1. The molecule has 0 saturated heterocycles. The van der Waals surface area contributed by atoms with E-state index in [2.05, 4.69) is 0 Å². The Hall–Kier alpha value is -1.51. The lowest BCUT2D eigenvalue weighted by atomic mass is 10.1. The van der Waals surface area contributed by atoms with Gasteiger partial charge in [0.05, 0.1) is 18.8 Å². The third kappa shape index (κ3) is 2.98. The molecule has 0 spiro atoms. The Morgan fingerprint density at radius 3 is 2.53 bits per heavy atom. The topological polar surface area (TPSA) is 35.5 Å². The van der Waals surface area contributed by atoms with Crippen molar-refractivity contribution in [1.29, 1.82) is 0 Å². The fourth-order valence-electron chi connectivity index (χ4n) is 1.23. The lowest BCUT2D eigenvalue weighted by Crippen LogP contribution is -2.11. The van der Waals surface area contributed by atoms with Crippen molar-refractivity contribution in [1.82, 2.24) is 0 Å². The maximum Gasteiger partial charge on any atom is 0.338 e. The van der Waals surface area contributed by atoms with E-state index in [-0.39, 0.29) is 12.1 Å². The smallest absolute Gasteiger partial charge is 0.338 e. The highest BCUT2D eigenvalue weighted by Gasteiger charge is 2.10. The van der Waals surface area contributed by atoms with Gasteiger partial charge in [0.15, 0.2) is 0 Å². The molecule has 0 amide bonds. The van der Waals surface area contributed by atoms with E-state index in [1.54, 1.807) is 19.2 Å². The second kappa shape index (κ2) is 4.82. The molecule has 1 aromatic carbocycles. The van der Waals surface area contributed by atoms with Gasteiger partial charge in [0, 0.05) is 0 Å². The molecular formula is C12H16O3. The number of aryl methyl sites for hydroxylation is 1. The average Bonchev–Trinajstić information content (AvgIpc) is 2.17. The predicted molar refractivity (Wildman–Crippen MR) is 58.3 cm³/mol. The monoisotopic (exact) mass is 208 g/mol. The van der Waals surface area contributed by atoms with Gasteiger partial charge in [-0.15, -0.1) is 0 Å². The first-order valence-electron chi connectivity index (χ1n) is 4.90. The molecule has 0 radical (unpaired) electrons. The number of hydrogen-bond donors (Lipinski definition) is 0. The molecule has 15 heavy (non-hydrogen) atoms. The maximum absolute atomic E-state index is 11.6. The largest absolute Gasteiger partial charge is 0.496 e. The summed E-state index contributed by atoms with van der Waals surface area (Å²) in [5, 5.41) is 0. The molecule has 0 unspecified atom stereocenters. The summed E-state index contributed by atoms with van der Waals surface area (Å²) in [6.07, 6.45) is -0.107. The lowest BCUT2D eigenvalue weighted by molar-refractivity contribution is 0.0377. The number of hydrogen-bond acceptors (Lipinski definition) is 3. The van der Waals surface area contributed by atoms with Crippen molar-refractivity contribution in [3.8, 4) is 5.75 Å². The van der Waals surface area contributed by atoms with Crippen LogP contribution in [0.3, 0.4) is 0 Å². The van der Waals surface area contributed by atoms with Crippen LogP contribution in [-0.2, 0) is 4.74 Å². The summed E-state index contributed by atoms with van der Waals surface area (Å²) in [5.74, 6) is 0.386. The van der Waals surface area contributed by atoms with E-state index in [1.807, 2.05) is 26.8 Å². The van der Waals surface area contributed by atoms with Gasteiger partial charge in [0.2, 0.25) is 0 Å². The second-order valence-corrected chi connectivity index (χ2v) is 3.64. The summed E-state index contributed by atoms with van der Waals surface area (Å²) in [7, 11) is 1.58. The zero-order chi connectivity index (χ0) is 11.4. The minimum absolute atomic E-state index is 0.107. The molecule has 82 valence electrons. The third-order valence-corrected chi connectivity index (χ3v) is 1.99. The Balaban J connectivity index is 2.91. The molecule has 0 saturated carbocycles. The zero-order valence-electron chi connectivity index (χ0n) is 9.53. The second-order valence-electron chi connectivity index (χ2n) is 3.64. The van der Waals surface area contributed by atoms with E-state index in [4.69, 9.17) is 9.47 Å². The fraction of sp³-hybridized carbons (Fsp3) is 0.417. The molecule has 0 aromatic heterocycles. The van der Waals surface area contributed by atoms with Crippen molar-refractivity contribution in [2.75, 3.05) is 7.11 Å². The van der Waals surface area contributed by atoms with Crippen LogP contribution in [0.15, 0.2) is 18.2 Å². The zero-order valence-corrected chi connectivity index (χ0v) is 9.53. The van der Waals surface area contributed by atoms with Crippen LogP contribution in [0.4, 0.5) is 0 Å². The molecule has 0 aliphatic rings. The van der Waals surface area contributed by atoms with Crippen LogP contribution in [-0.4, -0.2) is 19.2 Å². The summed E-state index contributed by atoms with van der Waals surface area (Å²) in [6, 6.07) is 5.28. The number of rotatable bonds is 3. The summed E-state index contributed by atoms with van der Waals surface area (Å²) in [6.45, 7) is 5.57. The highest BCUT2D eigenvalue weighted by atomic mass is 16.5. The number of ether oxygens (including phenoxy) is 2. The molecule has 0 fully saturated rings. The van der Waals surface area contributed by atoms with Crippen molar-refractivity contribution in [3.05, 3.63) is 29.3 Å². The molecule has 3 heteroatoms. The van der Waals surface area contributed by atoms with E-state index < -0.39 is 0 Å². The van der Waals surface area contributed by atoms with Crippen LogP contribution in [0.5, 0.6) is 5.75 Å². The Kier molecular flexibility index (Phi) is 3.72. The van der Waals surface area contributed by atoms with Gasteiger partial charge in [0.25, 0.3) is 0 Å². The van der Waals surface area contributed by atoms with Gasteiger partial charge < -0.3 is 9.47 Å². The van der Waals surface area contributed by atoms with Gasteiger partial charge in [-0.2, -0.15) is 0 Å². The van der Waals surface area contributed by atoms with E-state index >= 15 is 0 Å². The molecular weight excluding hydrogens is 192 g/mol. The summed E-state index contributed by atoms with van der Waals surface area (Å²) < 4.78 is 10.2. The number of esters is 1. The van der Waals surface area contributed by atoms with E-state index in [1.165, 1.54) is 0 Å². The van der Waals surface area contributed by atoms with Crippen molar-refractivity contribution >= 4 is 5.97 Å². The van der Waals surface area contributed by atoms with E-state index in [9.17, 15) is 4.79 Å². The molecule has 0 heterocycles. The standard InChI is InChI=1S/C12H16O3/c1-8(2)15-12(13)10-6-5-9(3)11(7-10)14-4/h5-8H,1-4H3. The van der Waals surface area contributed by atoms with Gasteiger partial charge in [0.1, 0.15) is 5.75 Å². The Morgan fingerprint density at radius 1 is 1.33 bits per heavy atom. The Labute approximate surface area is 90.0 Å². The van der Waals surface area contributed by atoms with E-state index in [0.717, 1.165) is 5.56 Å². The maximum atomic E-state index is 11.6. The minimum atomic E-state index is -0.316. The van der Waals surface area contributed by atoms with Crippen LogP contribution in [0.1, 0.15) is 29.8 Å². The van der Waals surface area contributed by atoms with Gasteiger partial charge in [-0.25, -0.2) is 4.79 Å². The Morgan fingerprint density at radius 2 is 2.00 bits per heavy atom. The summed E-state index contributed by atoms with van der Waals surface area (Å²) >= 11 is 0. The van der Waals surface area contributed by atoms with Gasteiger partial charge >= 0.3 is 5.97 Å². The predicted octanol–water partition coefficient (Wildman–Crippen LogP) is 2.57. The quantitative estimate of drug-likeness (QED) is 0.716. The fourth-order valence-corrected chi connectivity index (χ4v) is 1.23. The van der Waals surface area contributed by atoms with Gasteiger partial charge in [-0.05, 0) is 38.5 Å². The van der Waals surface area contributed by atoms with Gasteiger partial charge in [-0.3, -0.25) is 0 Å². The van der Waals surface area contributed by atoms with Crippen LogP contribution in [0.2, 0.25) is 0 Å². The first-order chi connectivity index (χ1) is 7.04. The third-order valence-electron chi connectivity index (χ3n) is 1.99. The summed E-state index contributed by atoms with van der Waals surface area (Å²) in [5.41, 5.74) is 1.52. The number of methoxy groups -OCH3 is 1.